The first kappa shape index (κ1) is 10.9. The van der Waals surface area contributed by atoms with Crippen LogP contribution in [0.3, 0.4) is 0 Å². The summed E-state index contributed by atoms with van der Waals surface area (Å²) < 4.78 is 7.78. The van der Waals surface area contributed by atoms with Crippen molar-refractivity contribution in [2.24, 2.45) is 0 Å². The molecule has 0 unspecified atom stereocenters. The van der Waals surface area contributed by atoms with Gasteiger partial charge in [-0.05, 0) is 33.3 Å². The van der Waals surface area contributed by atoms with E-state index in [4.69, 9.17) is 4.74 Å². The van der Waals surface area contributed by atoms with Gasteiger partial charge in [0.05, 0.1) is 18.9 Å². The molecule has 7 nitrogen and oxygen atoms in total. The maximum absolute atomic E-state index is 5.55. The predicted octanol–water partition coefficient (Wildman–Crippen LogP) is 0.693. The molecule has 0 saturated carbocycles. The normalized spacial score (nSPS) is 12.4. The van der Waals surface area contributed by atoms with Crippen LogP contribution in [0.4, 0.5) is 0 Å². The lowest BCUT2D eigenvalue weighted by molar-refractivity contribution is 0.184. The Morgan fingerprint density at radius 1 is 1.50 bits per heavy atom. The number of hydrogen-bond acceptors (Lipinski definition) is 6. The van der Waals surface area contributed by atoms with Gasteiger partial charge in [0.15, 0.2) is 0 Å². The van der Waals surface area contributed by atoms with Crippen LogP contribution >= 0.6 is 15.9 Å². The highest BCUT2D eigenvalue weighted by Crippen LogP contribution is 2.11. The zero-order valence-electron chi connectivity index (χ0n) is 8.49. The molecular formula is C8H9BrN6O. The van der Waals surface area contributed by atoms with Gasteiger partial charge in [-0.1, -0.05) is 0 Å². The molecule has 0 aliphatic heterocycles. The summed E-state index contributed by atoms with van der Waals surface area (Å²) in [6.07, 6.45) is 4.60. The van der Waals surface area contributed by atoms with Gasteiger partial charge in [-0.3, -0.25) is 4.98 Å². The molecule has 2 aromatic rings. The molecule has 0 radical (unpaired) electrons. The van der Waals surface area contributed by atoms with Gasteiger partial charge in [0.1, 0.15) is 17.0 Å². The molecule has 2 rings (SSSR count). The molecule has 0 amide bonds. The van der Waals surface area contributed by atoms with Crippen molar-refractivity contribution in [2.45, 2.75) is 19.6 Å². The van der Waals surface area contributed by atoms with Crippen molar-refractivity contribution in [1.29, 1.82) is 0 Å². The predicted molar refractivity (Wildman–Crippen MR) is 57.6 cm³/mol. The van der Waals surface area contributed by atoms with Crippen molar-refractivity contribution < 1.29 is 4.74 Å². The highest BCUT2D eigenvalue weighted by molar-refractivity contribution is 9.10. The Hall–Kier alpha value is -1.57. The number of ether oxygens (including phenoxy) is 1. The molecule has 0 spiro atoms. The first-order chi connectivity index (χ1) is 7.74. The van der Waals surface area contributed by atoms with E-state index in [0.29, 0.717) is 17.0 Å². The Labute approximate surface area is 100.0 Å². The summed E-state index contributed by atoms with van der Waals surface area (Å²) >= 11 is 3.22. The lowest BCUT2D eigenvalue weighted by Crippen LogP contribution is -2.20. The van der Waals surface area contributed by atoms with E-state index in [1.165, 1.54) is 6.33 Å². The molecule has 2 aromatic heterocycles. The maximum Gasteiger partial charge on any atom is 0.233 e. The van der Waals surface area contributed by atoms with E-state index in [0.717, 1.165) is 0 Å². The van der Waals surface area contributed by atoms with Gasteiger partial charge in [0, 0.05) is 0 Å². The minimum absolute atomic E-state index is 0.0906. The monoisotopic (exact) mass is 284 g/mol. The number of tetrazole rings is 1. The summed E-state index contributed by atoms with van der Waals surface area (Å²) in [5.74, 6) is 0.468. The molecule has 0 aliphatic carbocycles. The average molecular weight is 285 g/mol. The summed E-state index contributed by atoms with van der Waals surface area (Å²) in [5, 5.41) is 10.8. The Balaban J connectivity index is 1.94. The summed E-state index contributed by atoms with van der Waals surface area (Å²) in [5.41, 5.74) is 0. The van der Waals surface area contributed by atoms with Crippen molar-refractivity contribution >= 4 is 15.9 Å². The topological polar surface area (TPSA) is 78.6 Å². The summed E-state index contributed by atoms with van der Waals surface area (Å²) in [6, 6.07) is 0. The van der Waals surface area contributed by atoms with E-state index in [2.05, 4.69) is 41.4 Å². The molecule has 0 aliphatic rings. The fourth-order valence-electron chi connectivity index (χ4n) is 1.15. The Kier molecular flexibility index (Phi) is 3.40. The van der Waals surface area contributed by atoms with Gasteiger partial charge in [-0.25, -0.2) is 9.67 Å². The van der Waals surface area contributed by atoms with Crippen molar-refractivity contribution in [3.8, 4) is 5.88 Å². The first-order valence-electron chi connectivity index (χ1n) is 4.59. The Morgan fingerprint density at radius 3 is 3.06 bits per heavy atom. The first-order valence-corrected chi connectivity index (χ1v) is 5.38. The van der Waals surface area contributed by atoms with Crippen LogP contribution in [0.2, 0.25) is 0 Å². The molecule has 0 aromatic carbocycles. The fraction of sp³-hybridized carbons (Fsp3) is 0.375. The average Bonchev–Trinajstić information content (AvgIpc) is 2.70. The van der Waals surface area contributed by atoms with E-state index >= 15 is 0 Å². The van der Waals surface area contributed by atoms with E-state index in [1.807, 2.05) is 6.92 Å². The Morgan fingerprint density at radius 2 is 2.38 bits per heavy atom. The quantitative estimate of drug-likeness (QED) is 0.822. The Bertz CT molecular complexity index is 448. The zero-order valence-corrected chi connectivity index (χ0v) is 10.1. The third-order valence-electron chi connectivity index (χ3n) is 1.74. The summed E-state index contributed by atoms with van der Waals surface area (Å²) in [7, 11) is 0. The van der Waals surface area contributed by atoms with E-state index in [1.54, 1.807) is 17.1 Å². The summed E-state index contributed by atoms with van der Waals surface area (Å²) in [4.78, 5) is 8.07. The second-order valence-electron chi connectivity index (χ2n) is 3.14. The lowest BCUT2D eigenvalue weighted by atomic mass is 10.4. The van der Waals surface area contributed by atoms with E-state index in [9.17, 15) is 0 Å². The van der Waals surface area contributed by atoms with Gasteiger partial charge < -0.3 is 4.74 Å². The third kappa shape index (κ3) is 2.96. The second kappa shape index (κ2) is 4.97. The third-order valence-corrected chi connectivity index (χ3v) is 2.12. The van der Waals surface area contributed by atoms with Gasteiger partial charge in [0.2, 0.25) is 5.88 Å². The molecule has 0 fully saturated rings. The van der Waals surface area contributed by atoms with Gasteiger partial charge in [-0.15, -0.1) is 5.10 Å². The van der Waals surface area contributed by atoms with Crippen molar-refractivity contribution in [3.05, 3.63) is 23.3 Å². The lowest BCUT2D eigenvalue weighted by Gasteiger charge is -2.12. The molecule has 8 heteroatoms. The van der Waals surface area contributed by atoms with Crippen molar-refractivity contribution in [3.63, 3.8) is 0 Å². The minimum Gasteiger partial charge on any atom is -0.472 e. The number of halogens is 1. The number of aromatic nitrogens is 6. The molecule has 0 N–H and O–H groups in total. The van der Waals surface area contributed by atoms with Crippen LogP contribution in [0.1, 0.15) is 6.92 Å². The van der Waals surface area contributed by atoms with Crippen LogP contribution in [-0.4, -0.2) is 36.3 Å². The van der Waals surface area contributed by atoms with Crippen LogP contribution in [-0.2, 0) is 6.54 Å². The number of hydrogen-bond donors (Lipinski definition) is 0. The number of nitrogens with zero attached hydrogens (tertiary/aromatic N) is 6. The summed E-state index contributed by atoms with van der Waals surface area (Å²) in [6.45, 7) is 2.46. The molecule has 16 heavy (non-hydrogen) atoms. The molecule has 2 heterocycles. The molecular weight excluding hydrogens is 276 g/mol. The highest BCUT2D eigenvalue weighted by Gasteiger charge is 2.07. The molecule has 1 atom stereocenters. The smallest absolute Gasteiger partial charge is 0.233 e. The van der Waals surface area contributed by atoms with Gasteiger partial charge >= 0.3 is 0 Å². The molecule has 84 valence electrons. The van der Waals surface area contributed by atoms with Crippen LogP contribution in [0.25, 0.3) is 0 Å². The van der Waals surface area contributed by atoms with Crippen LogP contribution in [0.5, 0.6) is 5.88 Å². The van der Waals surface area contributed by atoms with Crippen molar-refractivity contribution in [2.75, 3.05) is 0 Å². The van der Waals surface area contributed by atoms with Crippen LogP contribution in [0.15, 0.2) is 23.3 Å². The minimum atomic E-state index is -0.0906. The fourth-order valence-corrected chi connectivity index (χ4v) is 1.45. The SMILES string of the molecule is C[C@@H](Cn1cnnn1)Oc1cncc(Br)n1. The van der Waals surface area contributed by atoms with E-state index in [-0.39, 0.29) is 6.10 Å². The van der Waals surface area contributed by atoms with Gasteiger partial charge in [0.25, 0.3) is 0 Å². The van der Waals surface area contributed by atoms with E-state index < -0.39 is 0 Å². The highest BCUT2D eigenvalue weighted by atomic mass is 79.9. The zero-order chi connectivity index (χ0) is 11.4. The number of rotatable bonds is 4. The van der Waals surface area contributed by atoms with Crippen molar-refractivity contribution in [1.82, 2.24) is 30.2 Å². The standard InChI is InChI=1S/C8H9BrN6O/c1-6(4-15-5-11-13-14-15)16-8-3-10-2-7(9)12-8/h2-3,5-6H,4H2,1H3/t6-/m0/s1. The van der Waals surface area contributed by atoms with Gasteiger partial charge in [-0.2, -0.15) is 0 Å². The largest absolute Gasteiger partial charge is 0.472 e. The second-order valence-corrected chi connectivity index (χ2v) is 3.95. The molecule has 0 bridgehead atoms. The molecule has 0 saturated heterocycles. The van der Waals surface area contributed by atoms with Crippen LogP contribution < -0.4 is 4.74 Å². The maximum atomic E-state index is 5.55. The van der Waals surface area contributed by atoms with Crippen LogP contribution in [0, 0.1) is 0 Å².